The lowest BCUT2D eigenvalue weighted by Crippen LogP contribution is -2.33. The molecule has 3 heteroatoms. The van der Waals surface area contributed by atoms with Gasteiger partial charge in [0.05, 0.1) is 0 Å². The highest BCUT2D eigenvalue weighted by Gasteiger charge is 2.22. The van der Waals surface area contributed by atoms with Crippen LogP contribution in [0.2, 0.25) is 0 Å². The van der Waals surface area contributed by atoms with Crippen LogP contribution < -0.4 is 5.32 Å². The number of hydrogen-bond donors (Lipinski definition) is 1. The first kappa shape index (κ1) is 8.60. The summed E-state index contributed by atoms with van der Waals surface area (Å²) in [7, 11) is 0. The van der Waals surface area contributed by atoms with Crippen LogP contribution >= 0.6 is 0 Å². The van der Waals surface area contributed by atoms with E-state index in [1.165, 1.54) is 12.8 Å². The van der Waals surface area contributed by atoms with Gasteiger partial charge in [0, 0.05) is 19.6 Å². The van der Waals surface area contributed by atoms with Gasteiger partial charge in [-0.1, -0.05) is 12.2 Å². The molecule has 0 aromatic rings. The van der Waals surface area contributed by atoms with Gasteiger partial charge < -0.3 is 10.2 Å². The highest BCUT2D eigenvalue weighted by atomic mass is 16.2. The second-order valence-corrected chi connectivity index (χ2v) is 3.83. The molecule has 1 aliphatic carbocycles. The molecule has 1 saturated heterocycles. The largest absolute Gasteiger partial charge is 0.336 e. The zero-order valence-corrected chi connectivity index (χ0v) is 7.83. The van der Waals surface area contributed by atoms with Crippen LogP contribution in [0.25, 0.3) is 0 Å². The van der Waals surface area contributed by atoms with Gasteiger partial charge in [-0.15, -0.1) is 0 Å². The lowest BCUT2D eigenvalue weighted by atomic mass is 9.94. The fourth-order valence-corrected chi connectivity index (χ4v) is 2.02. The van der Waals surface area contributed by atoms with Crippen LogP contribution in [-0.4, -0.2) is 30.6 Å². The van der Waals surface area contributed by atoms with E-state index in [0.29, 0.717) is 5.92 Å². The molecular weight excluding hydrogens is 164 g/mol. The smallest absolute Gasteiger partial charge is 0.317 e. The summed E-state index contributed by atoms with van der Waals surface area (Å²) in [6.45, 7) is 2.65. The van der Waals surface area contributed by atoms with Gasteiger partial charge in [0.25, 0.3) is 0 Å². The SMILES string of the molecule is O=C1NCCN1CC1CC=CCC1. The number of carbonyl (C=O) groups is 1. The molecule has 0 aromatic carbocycles. The summed E-state index contributed by atoms with van der Waals surface area (Å²) in [6, 6.07) is 0.120. The van der Waals surface area contributed by atoms with Crippen LogP contribution in [0.1, 0.15) is 19.3 Å². The number of carbonyl (C=O) groups excluding carboxylic acids is 1. The van der Waals surface area contributed by atoms with Crippen molar-refractivity contribution in [3.05, 3.63) is 12.2 Å². The van der Waals surface area contributed by atoms with Crippen molar-refractivity contribution in [2.24, 2.45) is 5.92 Å². The summed E-state index contributed by atoms with van der Waals surface area (Å²) in [5.74, 6) is 0.689. The predicted octanol–water partition coefficient (Wildman–Crippen LogP) is 1.37. The van der Waals surface area contributed by atoms with E-state index in [9.17, 15) is 4.79 Å². The first-order valence-electron chi connectivity index (χ1n) is 5.04. The molecule has 13 heavy (non-hydrogen) atoms. The molecule has 1 atom stereocenters. The Kier molecular flexibility index (Phi) is 2.52. The zero-order valence-electron chi connectivity index (χ0n) is 7.83. The van der Waals surface area contributed by atoms with Crippen molar-refractivity contribution >= 4 is 6.03 Å². The Labute approximate surface area is 78.8 Å². The maximum atomic E-state index is 11.2. The van der Waals surface area contributed by atoms with Gasteiger partial charge in [0.2, 0.25) is 0 Å². The van der Waals surface area contributed by atoms with Crippen molar-refractivity contribution in [3.8, 4) is 0 Å². The Morgan fingerprint density at radius 1 is 1.54 bits per heavy atom. The van der Waals surface area contributed by atoms with E-state index in [0.717, 1.165) is 26.1 Å². The standard InChI is InChI=1S/C10H16N2O/c13-10-11-6-7-12(10)8-9-4-2-1-3-5-9/h1-2,9H,3-8H2,(H,11,13). The van der Waals surface area contributed by atoms with Crippen molar-refractivity contribution in [2.45, 2.75) is 19.3 Å². The highest BCUT2D eigenvalue weighted by Crippen LogP contribution is 2.19. The molecule has 2 aliphatic rings. The molecule has 1 fully saturated rings. The third-order valence-corrected chi connectivity index (χ3v) is 2.80. The third kappa shape index (κ3) is 2.02. The van der Waals surface area contributed by atoms with Crippen molar-refractivity contribution in [2.75, 3.05) is 19.6 Å². The Morgan fingerprint density at radius 2 is 2.46 bits per heavy atom. The first-order valence-corrected chi connectivity index (χ1v) is 5.04. The molecule has 1 unspecified atom stereocenters. The normalized spacial score (nSPS) is 27.8. The van der Waals surface area contributed by atoms with Crippen LogP contribution in [0, 0.1) is 5.92 Å². The monoisotopic (exact) mass is 180 g/mol. The van der Waals surface area contributed by atoms with E-state index in [1.807, 2.05) is 4.90 Å². The molecule has 1 heterocycles. The van der Waals surface area contributed by atoms with E-state index in [2.05, 4.69) is 17.5 Å². The molecule has 2 rings (SSSR count). The van der Waals surface area contributed by atoms with Crippen molar-refractivity contribution < 1.29 is 4.79 Å². The number of nitrogens with one attached hydrogen (secondary N) is 1. The van der Waals surface area contributed by atoms with Crippen molar-refractivity contribution in [3.63, 3.8) is 0 Å². The molecule has 0 radical (unpaired) electrons. The lowest BCUT2D eigenvalue weighted by Gasteiger charge is -2.23. The highest BCUT2D eigenvalue weighted by molar-refractivity contribution is 5.76. The molecule has 2 amide bonds. The van der Waals surface area contributed by atoms with Gasteiger partial charge in [-0.25, -0.2) is 4.79 Å². The summed E-state index contributed by atoms with van der Waals surface area (Å²) < 4.78 is 0. The Morgan fingerprint density at radius 3 is 3.08 bits per heavy atom. The topological polar surface area (TPSA) is 32.3 Å². The van der Waals surface area contributed by atoms with E-state index < -0.39 is 0 Å². The van der Waals surface area contributed by atoms with Crippen LogP contribution in [0.3, 0.4) is 0 Å². The summed E-state index contributed by atoms with van der Waals surface area (Å²) in [6.07, 6.45) is 8.03. The van der Waals surface area contributed by atoms with E-state index in [-0.39, 0.29) is 6.03 Å². The van der Waals surface area contributed by atoms with Gasteiger partial charge in [-0.2, -0.15) is 0 Å². The van der Waals surface area contributed by atoms with Crippen LogP contribution in [0.5, 0.6) is 0 Å². The van der Waals surface area contributed by atoms with Crippen LogP contribution in [0.15, 0.2) is 12.2 Å². The summed E-state index contributed by atoms with van der Waals surface area (Å²) in [5, 5.41) is 2.83. The Hall–Kier alpha value is -0.990. The average Bonchev–Trinajstić information content (AvgIpc) is 2.54. The minimum Gasteiger partial charge on any atom is -0.336 e. The van der Waals surface area contributed by atoms with E-state index >= 15 is 0 Å². The molecular formula is C10H16N2O. The minimum atomic E-state index is 0.120. The quantitative estimate of drug-likeness (QED) is 0.639. The molecule has 1 N–H and O–H groups in total. The maximum absolute atomic E-state index is 11.2. The van der Waals surface area contributed by atoms with E-state index in [1.54, 1.807) is 0 Å². The number of rotatable bonds is 2. The number of allylic oxidation sites excluding steroid dienone is 2. The third-order valence-electron chi connectivity index (χ3n) is 2.80. The summed E-state index contributed by atoms with van der Waals surface area (Å²) in [5.41, 5.74) is 0. The van der Waals surface area contributed by atoms with Gasteiger partial charge in [0.1, 0.15) is 0 Å². The fraction of sp³-hybridized carbons (Fsp3) is 0.700. The Balaban J connectivity index is 1.83. The van der Waals surface area contributed by atoms with E-state index in [4.69, 9.17) is 0 Å². The molecule has 1 aliphatic heterocycles. The van der Waals surface area contributed by atoms with Crippen molar-refractivity contribution in [1.82, 2.24) is 10.2 Å². The predicted molar refractivity (Wildman–Crippen MR) is 51.5 cm³/mol. The van der Waals surface area contributed by atoms with Crippen molar-refractivity contribution in [1.29, 1.82) is 0 Å². The number of nitrogens with zero attached hydrogens (tertiary/aromatic N) is 1. The maximum Gasteiger partial charge on any atom is 0.317 e. The van der Waals surface area contributed by atoms with Gasteiger partial charge in [-0.3, -0.25) is 0 Å². The Bertz CT molecular complexity index is 225. The van der Waals surface area contributed by atoms with Crippen LogP contribution in [0.4, 0.5) is 4.79 Å². The fourth-order valence-electron chi connectivity index (χ4n) is 2.02. The van der Waals surface area contributed by atoms with Gasteiger partial charge in [0.15, 0.2) is 0 Å². The van der Waals surface area contributed by atoms with Gasteiger partial charge >= 0.3 is 6.03 Å². The second kappa shape index (κ2) is 3.81. The lowest BCUT2D eigenvalue weighted by molar-refractivity contribution is 0.206. The summed E-state index contributed by atoms with van der Waals surface area (Å²) >= 11 is 0. The molecule has 3 nitrogen and oxygen atoms in total. The van der Waals surface area contributed by atoms with Crippen LogP contribution in [-0.2, 0) is 0 Å². The zero-order chi connectivity index (χ0) is 9.10. The first-order chi connectivity index (χ1) is 6.36. The molecule has 0 bridgehead atoms. The number of hydrogen-bond acceptors (Lipinski definition) is 1. The molecule has 0 aromatic heterocycles. The molecule has 72 valence electrons. The second-order valence-electron chi connectivity index (χ2n) is 3.83. The number of amides is 2. The summed E-state index contributed by atoms with van der Waals surface area (Å²) in [4.78, 5) is 13.2. The minimum absolute atomic E-state index is 0.120. The van der Waals surface area contributed by atoms with Gasteiger partial charge in [-0.05, 0) is 25.2 Å². The molecule has 0 spiro atoms. The average molecular weight is 180 g/mol. The number of urea groups is 1. The molecule has 0 saturated carbocycles.